The van der Waals surface area contributed by atoms with Crippen molar-refractivity contribution in [1.82, 2.24) is 10.2 Å². The first kappa shape index (κ1) is 35.5. The molecule has 0 fully saturated rings. The van der Waals surface area contributed by atoms with Gasteiger partial charge >= 0.3 is 0 Å². The summed E-state index contributed by atoms with van der Waals surface area (Å²) < 4.78 is 31.8. The summed E-state index contributed by atoms with van der Waals surface area (Å²) in [5.74, 6) is -0.235. The molecule has 12 heteroatoms. The summed E-state index contributed by atoms with van der Waals surface area (Å²) in [5.41, 5.74) is 1.74. The Balaban J connectivity index is 1.94. The lowest BCUT2D eigenvalue weighted by Gasteiger charge is -2.33. The number of nitrogens with one attached hydrogen (secondary N) is 1. The zero-order chi connectivity index (χ0) is 32.4. The van der Waals surface area contributed by atoms with Gasteiger partial charge in [-0.2, -0.15) is 0 Å². The van der Waals surface area contributed by atoms with Crippen LogP contribution in [0, 0.1) is 0 Å². The van der Waals surface area contributed by atoms with Crippen molar-refractivity contribution in [1.29, 1.82) is 0 Å². The van der Waals surface area contributed by atoms with Crippen LogP contribution < -0.4 is 14.4 Å². The third kappa shape index (κ3) is 9.76. The maximum atomic E-state index is 14.0. The van der Waals surface area contributed by atoms with E-state index in [-0.39, 0.29) is 55.2 Å². The Bertz CT molecular complexity index is 1520. The minimum atomic E-state index is -3.71. The first-order valence-electron chi connectivity index (χ1n) is 14.2. The van der Waals surface area contributed by atoms with Gasteiger partial charge < -0.3 is 15.0 Å². The molecule has 44 heavy (non-hydrogen) atoms. The maximum absolute atomic E-state index is 14.0. The molecule has 0 bridgehead atoms. The van der Waals surface area contributed by atoms with Crippen LogP contribution in [0.3, 0.4) is 0 Å². The van der Waals surface area contributed by atoms with Crippen LogP contribution in [0.15, 0.2) is 66.7 Å². The summed E-state index contributed by atoms with van der Waals surface area (Å²) in [6.07, 6.45) is 2.20. The molecule has 0 radical (unpaired) electrons. The van der Waals surface area contributed by atoms with E-state index in [1.807, 2.05) is 44.2 Å². The van der Waals surface area contributed by atoms with Gasteiger partial charge in [-0.25, -0.2) is 8.42 Å². The summed E-state index contributed by atoms with van der Waals surface area (Å²) in [4.78, 5) is 29.2. The molecule has 238 valence electrons. The molecule has 2 atom stereocenters. The maximum Gasteiger partial charge on any atom is 0.243 e. The molecule has 3 aromatic carbocycles. The number of rotatable bonds is 15. The Kier molecular flexibility index (Phi) is 13.2. The van der Waals surface area contributed by atoms with Crippen LogP contribution >= 0.6 is 34.8 Å². The number of ether oxygens (including phenoxy) is 1. The van der Waals surface area contributed by atoms with Gasteiger partial charge in [0, 0.05) is 47.6 Å². The van der Waals surface area contributed by atoms with E-state index >= 15 is 0 Å². The predicted molar refractivity (Wildman–Crippen MR) is 178 cm³/mol. The topological polar surface area (TPSA) is 96.0 Å². The molecule has 0 saturated carbocycles. The highest BCUT2D eigenvalue weighted by atomic mass is 35.5. The van der Waals surface area contributed by atoms with E-state index in [9.17, 15) is 18.0 Å². The zero-order valence-electron chi connectivity index (χ0n) is 25.2. The van der Waals surface area contributed by atoms with Crippen molar-refractivity contribution in [2.45, 2.75) is 58.2 Å². The average Bonchev–Trinajstić information content (AvgIpc) is 2.98. The van der Waals surface area contributed by atoms with Crippen molar-refractivity contribution in [3.8, 4) is 5.75 Å². The normalized spacial score (nSPS) is 12.7. The summed E-state index contributed by atoms with van der Waals surface area (Å²) >= 11 is 19.3. The first-order valence-corrected chi connectivity index (χ1v) is 17.2. The smallest absolute Gasteiger partial charge is 0.243 e. The average molecular weight is 683 g/mol. The van der Waals surface area contributed by atoms with E-state index in [1.54, 1.807) is 30.3 Å². The molecular weight excluding hydrogens is 645 g/mol. The first-order chi connectivity index (χ1) is 20.8. The van der Waals surface area contributed by atoms with Gasteiger partial charge in [0.05, 0.1) is 24.1 Å². The lowest BCUT2D eigenvalue weighted by Crippen LogP contribution is -2.52. The minimum absolute atomic E-state index is 0.00730. The molecule has 8 nitrogen and oxygen atoms in total. The van der Waals surface area contributed by atoms with Crippen molar-refractivity contribution < 1.29 is 22.7 Å². The molecule has 0 saturated heterocycles. The second-order valence-corrected chi connectivity index (χ2v) is 13.6. The second-order valence-electron chi connectivity index (χ2n) is 10.5. The van der Waals surface area contributed by atoms with Crippen molar-refractivity contribution in [2.75, 3.05) is 24.2 Å². The molecule has 0 heterocycles. The Morgan fingerprint density at radius 2 is 1.61 bits per heavy atom. The highest BCUT2D eigenvalue weighted by Gasteiger charge is 2.32. The Morgan fingerprint density at radius 3 is 2.18 bits per heavy atom. The summed E-state index contributed by atoms with van der Waals surface area (Å²) in [7, 11) is -2.24. The number of hydrogen-bond acceptors (Lipinski definition) is 5. The molecule has 0 aliphatic rings. The Labute approximate surface area is 275 Å². The largest absolute Gasteiger partial charge is 0.495 e. The van der Waals surface area contributed by atoms with Crippen molar-refractivity contribution in [3.63, 3.8) is 0 Å². The van der Waals surface area contributed by atoms with Gasteiger partial charge in [0.25, 0.3) is 0 Å². The highest BCUT2D eigenvalue weighted by Crippen LogP contribution is 2.31. The molecule has 1 N–H and O–H groups in total. The lowest BCUT2D eigenvalue weighted by molar-refractivity contribution is -0.141. The fraction of sp³-hybridized carbons (Fsp3) is 0.375. The van der Waals surface area contributed by atoms with Crippen LogP contribution in [0.25, 0.3) is 0 Å². The fourth-order valence-electron chi connectivity index (χ4n) is 4.66. The van der Waals surface area contributed by atoms with E-state index in [4.69, 9.17) is 39.5 Å². The van der Waals surface area contributed by atoms with E-state index in [0.29, 0.717) is 33.5 Å². The number of hydrogen-bond donors (Lipinski definition) is 1. The van der Waals surface area contributed by atoms with Crippen LogP contribution in [0.5, 0.6) is 5.75 Å². The number of methoxy groups -OCH3 is 1. The van der Waals surface area contributed by atoms with Gasteiger partial charge in [0.1, 0.15) is 11.8 Å². The van der Waals surface area contributed by atoms with Crippen LogP contribution in [0.2, 0.25) is 15.1 Å². The molecule has 0 spiro atoms. The van der Waals surface area contributed by atoms with Crippen LogP contribution in [0.1, 0.15) is 44.2 Å². The third-order valence-corrected chi connectivity index (χ3v) is 9.44. The molecule has 0 aliphatic heterocycles. The molecule has 3 aromatic rings. The number of carbonyl (C=O) groups excluding carboxylic acids is 2. The minimum Gasteiger partial charge on any atom is -0.495 e. The lowest BCUT2D eigenvalue weighted by atomic mass is 10.0. The van der Waals surface area contributed by atoms with E-state index < -0.39 is 16.1 Å². The predicted octanol–water partition coefficient (Wildman–Crippen LogP) is 6.76. The molecule has 0 unspecified atom stereocenters. The molecular formula is C32H38Cl3N3O5S. The number of carbonyl (C=O) groups is 2. The van der Waals surface area contributed by atoms with Gasteiger partial charge in [-0.15, -0.1) is 0 Å². The number of halogens is 3. The number of amides is 2. The van der Waals surface area contributed by atoms with E-state index in [1.165, 1.54) is 22.4 Å². The van der Waals surface area contributed by atoms with E-state index in [0.717, 1.165) is 11.8 Å². The summed E-state index contributed by atoms with van der Waals surface area (Å²) in [5, 5.41) is 4.02. The van der Waals surface area contributed by atoms with Crippen LogP contribution in [-0.2, 0) is 32.6 Å². The van der Waals surface area contributed by atoms with Crippen LogP contribution in [0.4, 0.5) is 5.69 Å². The van der Waals surface area contributed by atoms with Crippen molar-refractivity contribution in [3.05, 3.63) is 92.9 Å². The number of benzene rings is 3. The zero-order valence-corrected chi connectivity index (χ0v) is 28.3. The summed E-state index contributed by atoms with van der Waals surface area (Å²) in [6, 6.07) is 18.2. The van der Waals surface area contributed by atoms with Crippen LogP contribution in [-0.4, -0.2) is 57.1 Å². The van der Waals surface area contributed by atoms with Gasteiger partial charge in [-0.05, 0) is 55.7 Å². The summed E-state index contributed by atoms with van der Waals surface area (Å²) in [6.45, 7) is 3.87. The van der Waals surface area contributed by atoms with Crippen molar-refractivity contribution in [2.24, 2.45) is 0 Å². The van der Waals surface area contributed by atoms with Crippen molar-refractivity contribution >= 4 is 62.3 Å². The second kappa shape index (κ2) is 16.4. The van der Waals surface area contributed by atoms with Gasteiger partial charge in [-0.3, -0.25) is 13.9 Å². The number of sulfonamides is 1. The fourth-order valence-corrected chi connectivity index (χ4v) is 6.39. The quantitative estimate of drug-likeness (QED) is 0.191. The van der Waals surface area contributed by atoms with Gasteiger partial charge in [-0.1, -0.05) is 78.1 Å². The Hall–Kier alpha value is -2.98. The van der Waals surface area contributed by atoms with Gasteiger partial charge in [0.2, 0.25) is 21.8 Å². The standard InChI is InChI=1S/C32H38Cl3N3O5S/c1-5-22(2)36-32(40)29(19-23-11-7-6-8-12-23)37(21-25-26(33)13-9-14-27(25)34)31(39)15-10-18-38(44(4,41)42)24-16-17-30(43-3)28(35)20-24/h6-9,11-14,16-17,20,22,29H,5,10,15,18-19,21H2,1-4H3,(H,36,40)/t22-,29+/m0/s1. The molecule has 0 aromatic heterocycles. The molecule has 0 aliphatic carbocycles. The SMILES string of the molecule is CC[C@H](C)NC(=O)[C@@H](Cc1ccccc1)N(Cc1c(Cl)cccc1Cl)C(=O)CCCN(c1ccc(OC)c(Cl)c1)S(C)(=O)=O. The third-order valence-electron chi connectivity index (χ3n) is 7.24. The number of nitrogens with zero attached hydrogens (tertiary/aromatic N) is 2. The molecule has 3 rings (SSSR count). The number of anilines is 1. The van der Waals surface area contributed by atoms with Gasteiger partial charge in [0.15, 0.2) is 0 Å². The van der Waals surface area contributed by atoms with E-state index in [2.05, 4.69) is 5.32 Å². The Morgan fingerprint density at radius 1 is 0.955 bits per heavy atom. The highest BCUT2D eigenvalue weighted by molar-refractivity contribution is 7.92. The molecule has 2 amide bonds. The monoisotopic (exact) mass is 681 g/mol.